The highest BCUT2D eigenvalue weighted by Crippen LogP contribution is 2.47. The lowest BCUT2D eigenvalue weighted by Crippen LogP contribution is -2.47. The first-order valence-electron chi connectivity index (χ1n) is 11.6. The molecule has 0 radical (unpaired) electrons. The first-order valence-corrected chi connectivity index (χ1v) is 11.6. The average molecular weight is 452 g/mol. The highest BCUT2D eigenvalue weighted by atomic mass is 16.6. The summed E-state index contributed by atoms with van der Waals surface area (Å²) in [6, 6.07) is 11.3. The minimum Gasteiger partial charge on any atom is -0.487 e. The third kappa shape index (κ3) is 4.72. The summed E-state index contributed by atoms with van der Waals surface area (Å²) in [5.41, 5.74) is 2.54. The molecule has 1 aromatic heterocycles. The number of nitrogens with one attached hydrogen (secondary N) is 2. The molecule has 8 heteroatoms. The molecule has 3 N–H and O–H groups in total. The third-order valence-electron chi connectivity index (χ3n) is 6.85. The third-order valence-corrected chi connectivity index (χ3v) is 6.85. The molecule has 0 spiro atoms. The SMILES string of the molecule is O=C(C[C@@H]1C[C@H]2c3cc(NC(=O)C4CCC4)ccc3O[C@H]2[C@H](CO)O1)NCc1ccccn1. The number of ether oxygens (including phenoxy) is 2. The molecule has 0 unspecified atom stereocenters. The number of pyridine rings is 1. The van der Waals surface area contributed by atoms with E-state index < -0.39 is 6.10 Å². The van der Waals surface area contributed by atoms with Gasteiger partial charge in [-0.2, -0.15) is 0 Å². The summed E-state index contributed by atoms with van der Waals surface area (Å²) in [7, 11) is 0. The second-order valence-electron chi connectivity index (χ2n) is 9.08. The summed E-state index contributed by atoms with van der Waals surface area (Å²) in [4.78, 5) is 29.1. The highest BCUT2D eigenvalue weighted by molar-refractivity contribution is 5.93. The largest absolute Gasteiger partial charge is 0.487 e. The van der Waals surface area contributed by atoms with Crippen molar-refractivity contribution >= 4 is 17.5 Å². The zero-order chi connectivity index (χ0) is 22.8. The molecule has 2 fully saturated rings. The molecule has 33 heavy (non-hydrogen) atoms. The van der Waals surface area contributed by atoms with Crippen molar-refractivity contribution < 1.29 is 24.2 Å². The molecule has 0 bridgehead atoms. The van der Waals surface area contributed by atoms with Gasteiger partial charge in [0.2, 0.25) is 11.8 Å². The number of fused-ring (bicyclic) bond motifs is 3. The van der Waals surface area contributed by atoms with E-state index in [4.69, 9.17) is 9.47 Å². The van der Waals surface area contributed by atoms with Gasteiger partial charge in [-0.3, -0.25) is 14.6 Å². The Morgan fingerprint density at radius 3 is 2.79 bits per heavy atom. The van der Waals surface area contributed by atoms with Crippen LogP contribution in [0.5, 0.6) is 5.75 Å². The fourth-order valence-corrected chi connectivity index (χ4v) is 4.85. The molecular weight excluding hydrogens is 422 g/mol. The fraction of sp³-hybridized carbons (Fsp3) is 0.480. The van der Waals surface area contributed by atoms with E-state index >= 15 is 0 Å². The van der Waals surface area contributed by atoms with Gasteiger partial charge in [-0.15, -0.1) is 0 Å². The first kappa shape index (κ1) is 21.9. The maximum Gasteiger partial charge on any atom is 0.227 e. The molecule has 2 aliphatic heterocycles. The standard InChI is InChI=1S/C25H29N3O5/c29-14-22-24-20(11-18(32-22)12-23(30)27-13-17-6-1-2-9-26-17)19-10-16(7-8-21(19)33-24)28-25(31)15-4-3-5-15/h1-2,6-10,15,18,20,22,24,29H,3-5,11-14H2,(H,27,30)(H,28,31)/t18-,20-,22-,24+/m0/s1. The van der Waals surface area contributed by atoms with E-state index in [-0.39, 0.29) is 48.9 Å². The van der Waals surface area contributed by atoms with Crippen LogP contribution in [0.1, 0.15) is 49.3 Å². The number of carbonyl (C=O) groups excluding carboxylic acids is 2. The van der Waals surface area contributed by atoms with Crippen LogP contribution >= 0.6 is 0 Å². The normalized spacial score (nSPS) is 25.8. The number of aliphatic hydroxyl groups is 1. The molecule has 2 amide bonds. The summed E-state index contributed by atoms with van der Waals surface area (Å²) in [6.45, 7) is 0.171. The number of nitrogens with zero attached hydrogens (tertiary/aromatic N) is 1. The maximum absolute atomic E-state index is 12.5. The van der Waals surface area contributed by atoms with Crippen molar-refractivity contribution in [2.24, 2.45) is 5.92 Å². The van der Waals surface area contributed by atoms with Crippen LogP contribution in [-0.4, -0.2) is 46.8 Å². The van der Waals surface area contributed by atoms with Crippen molar-refractivity contribution in [1.82, 2.24) is 10.3 Å². The van der Waals surface area contributed by atoms with Crippen molar-refractivity contribution in [2.75, 3.05) is 11.9 Å². The quantitative estimate of drug-likeness (QED) is 0.597. The lowest BCUT2D eigenvalue weighted by atomic mass is 9.83. The number of benzene rings is 1. The fourth-order valence-electron chi connectivity index (χ4n) is 4.85. The number of hydrogen-bond acceptors (Lipinski definition) is 6. The van der Waals surface area contributed by atoms with Gasteiger partial charge in [0, 0.05) is 29.3 Å². The Hall–Kier alpha value is -2.97. The number of hydrogen-bond donors (Lipinski definition) is 3. The number of anilines is 1. The van der Waals surface area contributed by atoms with E-state index in [1.807, 2.05) is 36.4 Å². The molecule has 174 valence electrons. The van der Waals surface area contributed by atoms with Gasteiger partial charge in [-0.25, -0.2) is 0 Å². The Kier molecular flexibility index (Phi) is 6.28. The number of rotatable bonds is 7. The van der Waals surface area contributed by atoms with Crippen LogP contribution in [0, 0.1) is 5.92 Å². The molecular formula is C25H29N3O5. The van der Waals surface area contributed by atoms with Crippen molar-refractivity contribution in [3.63, 3.8) is 0 Å². The molecule has 3 aliphatic rings. The van der Waals surface area contributed by atoms with Crippen molar-refractivity contribution in [3.8, 4) is 5.75 Å². The predicted octanol–water partition coefficient (Wildman–Crippen LogP) is 2.52. The summed E-state index contributed by atoms with van der Waals surface area (Å²) in [5.74, 6) is 0.785. The summed E-state index contributed by atoms with van der Waals surface area (Å²) >= 11 is 0. The Bertz CT molecular complexity index is 1010. The van der Waals surface area contributed by atoms with Crippen LogP contribution in [0.25, 0.3) is 0 Å². The zero-order valence-corrected chi connectivity index (χ0v) is 18.4. The minimum atomic E-state index is -0.516. The van der Waals surface area contributed by atoms with Gasteiger partial charge < -0.3 is 25.2 Å². The lowest BCUT2D eigenvalue weighted by molar-refractivity contribution is -0.142. The molecule has 1 saturated carbocycles. The molecule has 1 saturated heterocycles. The van der Waals surface area contributed by atoms with E-state index in [1.54, 1.807) is 6.20 Å². The zero-order valence-electron chi connectivity index (χ0n) is 18.4. The molecule has 1 aliphatic carbocycles. The van der Waals surface area contributed by atoms with Crippen LogP contribution in [0.4, 0.5) is 5.69 Å². The number of carbonyl (C=O) groups is 2. The minimum absolute atomic E-state index is 0.0138. The Morgan fingerprint density at radius 1 is 1.18 bits per heavy atom. The van der Waals surface area contributed by atoms with Crippen molar-refractivity contribution in [3.05, 3.63) is 53.9 Å². The van der Waals surface area contributed by atoms with Crippen molar-refractivity contribution in [2.45, 2.75) is 62.9 Å². The lowest BCUT2D eigenvalue weighted by Gasteiger charge is -2.37. The maximum atomic E-state index is 12.5. The monoisotopic (exact) mass is 451 g/mol. The summed E-state index contributed by atoms with van der Waals surface area (Å²) in [5, 5.41) is 15.8. The van der Waals surface area contributed by atoms with E-state index in [0.717, 1.165) is 42.0 Å². The van der Waals surface area contributed by atoms with Gasteiger partial charge in [0.1, 0.15) is 18.0 Å². The number of aliphatic hydroxyl groups excluding tert-OH is 1. The van der Waals surface area contributed by atoms with Crippen molar-refractivity contribution in [1.29, 1.82) is 0 Å². The number of amides is 2. The molecule has 4 atom stereocenters. The van der Waals surface area contributed by atoms with Gasteiger partial charge in [0.25, 0.3) is 0 Å². The van der Waals surface area contributed by atoms with Crippen LogP contribution in [-0.2, 0) is 20.9 Å². The first-order chi connectivity index (χ1) is 16.1. The second-order valence-corrected chi connectivity index (χ2v) is 9.08. The smallest absolute Gasteiger partial charge is 0.227 e. The Morgan fingerprint density at radius 2 is 2.06 bits per heavy atom. The van der Waals surface area contributed by atoms with Crippen LogP contribution < -0.4 is 15.4 Å². The Balaban J connectivity index is 1.25. The average Bonchev–Trinajstić information content (AvgIpc) is 3.14. The highest BCUT2D eigenvalue weighted by Gasteiger charge is 2.46. The van der Waals surface area contributed by atoms with E-state index in [1.165, 1.54) is 0 Å². The molecule has 2 aromatic rings. The second kappa shape index (κ2) is 9.49. The van der Waals surface area contributed by atoms with E-state index in [2.05, 4.69) is 15.6 Å². The van der Waals surface area contributed by atoms with Gasteiger partial charge >= 0.3 is 0 Å². The van der Waals surface area contributed by atoms with E-state index in [0.29, 0.717) is 13.0 Å². The van der Waals surface area contributed by atoms with Gasteiger partial charge in [0.15, 0.2) is 0 Å². The molecule has 8 nitrogen and oxygen atoms in total. The van der Waals surface area contributed by atoms with Crippen LogP contribution in [0.15, 0.2) is 42.6 Å². The Labute approximate surface area is 192 Å². The predicted molar refractivity (Wildman–Crippen MR) is 121 cm³/mol. The summed E-state index contributed by atoms with van der Waals surface area (Å²) in [6.07, 6.45) is 4.33. The van der Waals surface area contributed by atoms with Crippen LogP contribution in [0.2, 0.25) is 0 Å². The molecule has 5 rings (SSSR count). The summed E-state index contributed by atoms with van der Waals surface area (Å²) < 4.78 is 12.1. The molecule has 1 aromatic carbocycles. The molecule has 3 heterocycles. The number of aromatic nitrogens is 1. The van der Waals surface area contributed by atoms with Crippen LogP contribution in [0.3, 0.4) is 0 Å². The van der Waals surface area contributed by atoms with Gasteiger partial charge in [-0.1, -0.05) is 12.5 Å². The van der Waals surface area contributed by atoms with Gasteiger partial charge in [0.05, 0.1) is 31.4 Å². The van der Waals surface area contributed by atoms with E-state index in [9.17, 15) is 14.7 Å². The topological polar surface area (TPSA) is 110 Å². The van der Waals surface area contributed by atoms with Gasteiger partial charge in [-0.05, 0) is 49.6 Å².